The molecular formula is C18H37N3+2. The highest BCUT2D eigenvalue weighted by Crippen LogP contribution is 2.54. The van der Waals surface area contributed by atoms with Gasteiger partial charge in [0, 0.05) is 6.54 Å². The van der Waals surface area contributed by atoms with Crippen molar-refractivity contribution in [3.05, 3.63) is 11.6 Å². The molecule has 3 aliphatic rings. The van der Waals surface area contributed by atoms with Gasteiger partial charge in [-0.2, -0.15) is 0 Å². The van der Waals surface area contributed by atoms with Gasteiger partial charge in [-0.05, 0) is 53.7 Å². The van der Waals surface area contributed by atoms with Crippen molar-refractivity contribution in [2.45, 2.75) is 79.3 Å². The second kappa shape index (κ2) is 5.68. The van der Waals surface area contributed by atoms with Crippen molar-refractivity contribution in [3.63, 3.8) is 0 Å². The van der Waals surface area contributed by atoms with Gasteiger partial charge in [-0.1, -0.05) is 19.9 Å². The summed E-state index contributed by atoms with van der Waals surface area (Å²) in [4.78, 5) is 2.61. The minimum atomic E-state index is 0.653. The zero-order valence-corrected chi connectivity index (χ0v) is 15.6. The molecule has 3 saturated heterocycles. The maximum atomic E-state index is 2.61. The third-order valence-corrected chi connectivity index (χ3v) is 6.43. The first-order chi connectivity index (χ1) is 9.77. The largest absolute Gasteiger partial charge is 0.289 e. The van der Waals surface area contributed by atoms with Crippen LogP contribution in [-0.2, 0) is 0 Å². The van der Waals surface area contributed by atoms with Crippen LogP contribution in [0.5, 0.6) is 0 Å². The molecule has 3 heteroatoms. The van der Waals surface area contributed by atoms with Gasteiger partial charge < -0.3 is 0 Å². The SMILES string of the molecule is CCC=C(C)C1C[N+]2(C(C)C)C[N+]1(C(C)C)C2N(C)CC. The van der Waals surface area contributed by atoms with Crippen molar-refractivity contribution < 1.29 is 8.97 Å². The molecule has 3 nitrogen and oxygen atoms in total. The smallest absolute Gasteiger partial charge is 0.207 e. The van der Waals surface area contributed by atoms with Crippen LogP contribution in [-0.4, -0.2) is 65.1 Å². The van der Waals surface area contributed by atoms with Gasteiger partial charge in [-0.15, -0.1) is 0 Å². The third kappa shape index (κ3) is 2.12. The molecule has 3 aliphatic heterocycles. The average Bonchev–Trinajstić information content (AvgIpc) is 2.90. The van der Waals surface area contributed by atoms with Crippen LogP contribution in [0, 0.1) is 0 Å². The van der Waals surface area contributed by atoms with Crippen molar-refractivity contribution in [2.24, 2.45) is 0 Å². The Balaban J connectivity index is 2.47. The second-order valence-corrected chi connectivity index (χ2v) is 7.90. The number of fused-ring (bicyclic) bond motifs is 1. The van der Waals surface area contributed by atoms with Crippen LogP contribution in [0.15, 0.2) is 11.6 Å². The standard InChI is InChI=1S/C18H37N3/c1-9-11-16(7)17-12-20(14(3)4)13-21(17,15(5)6)18(20)19(8)10-2/h11,14-15,17-18H,9-10,12-13H2,1-8H3/q+2. The van der Waals surface area contributed by atoms with Gasteiger partial charge in [0.2, 0.25) is 6.67 Å². The molecule has 3 heterocycles. The summed E-state index contributed by atoms with van der Waals surface area (Å²) >= 11 is 0. The maximum absolute atomic E-state index is 2.61. The number of hydrogen-bond donors (Lipinski definition) is 0. The Kier molecular flexibility index (Phi) is 4.59. The van der Waals surface area contributed by atoms with Crippen molar-refractivity contribution in [3.8, 4) is 0 Å². The van der Waals surface area contributed by atoms with Crippen LogP contribution in [0.1, 0.15) is 54.9 Å². The highest BCUT2D eigenvalue weighted by Gasteiger charge is 2.79. The fourth-order valence-corrected chi connectivity index (χ4v) is 5.15. The Morgan fingerprint density at radius 2 is 1.81 bits per heavy atom. The van der Waals surface area contributed by atoms with E-state index in [9.17, 15) is 0 Å². The molecule has 21 heavy (non-hydrogen) atoms. The number of allylic oxidation sites excluding steroid dienone is 1. The molecule has 0 aliphatic carbocycles. The molecule has 0 aromatic rings. The normalized spacial score (nSPS) is 39.5. The van der Waals surface area contributed by atoms with Crippen molar-refractivity contribution in [1.29, 1.82) is 0 Å². The molecule has 2 bridgehead atoms. The van der Waals surface area contributed by atoms with Crippen LogP contribution in [0.2, 0.25) is 0 Å². The van der Waals surface area contributed by atoms with Gasteiger partial charge in [-0.3, -0.25) is 0 Å². The highest BCUT2D eigenvalue weighted by atomic mass is 15.9. The van der Waals surface area contributed by atoms with Gasteiger partial charge in [0.05, 0.1) is 12.1 Å². The summed E-state index contributed by atoms with van der Waals surface area (Å²) in [6.45, 7) is 20.4. The van der Waals surface area contributed by atoms with Crippen molar-refractivity contribution in [2.75, 3.05) is 26.8 Å². The fourth-order valence-electron chi connectivity index (χ4n) is 5.15. The maximum Gasteiger partial charge on any atom is 0.289 e. The average molecular weight is 296 g/mol. The van der Waals surface area contributed by atoms with E-state index in [2.05, 4.69) is 66.5 Å². The van der Waals surface area contributed by atoms with Gasteiger partial charge >= 0.3 is 0 Å². The van der Waals surface area contributed by atoms with Gasteiger partial charge in [0.25, 0.3) is 6.29 Å². The van der Waals surface area contributed by atoms with E-state index in [0.29, 0.717) is 24.4 Å². The number of hydrogen-bond acceptors (Lipinski definition) is 1. The summed E-state index contributed by atoms with van der Waals surface area (Å²) in [7, 11) is 2.33. The predicted molar refractivity (Wildman–Crippen MR) is 90.5 cm³/mol. The molecule has 3 rings (SSSR count). The Morgan fingerprint density at radius 1 is 1.19 bits per heavy atom. The van der Waals surface area contributed by atoms with E-state index in [1.165, 1.54) is 22.2 Å². The van der Waals surface area contributed by atoms with E-state index in [1.54, 1.807) is 5.57 Å². The zero-order valence-electron chi connectivity index (χ0n) is 15.6. The molecule has 0 aromatic heterocycles. The summed E-state index contributed by atoms with van der Waals surface area (Å²) in [6, 6.07) is 2.13. The van der Waals surface area contributed by atoms with Crippen LogP contribution in [0.25, 0.3) is 0 Å². The summed E-state index contributed by atoms with van der Waals surface area (Å²) < 4.78 is 2.58. The molecule has 4 unspecified atom stereocenters. The van der Waals surface area contributed by atoms with Crippen molar-refractivity contribution >= 4 is 0 Å². The predicted octanol–water partition coefficient (Wildman–Crippen LogP) is 3.38. The molecule has 4 atom stereocenters. The van der Waals surface area contributed by atoms with E-state index in [1.807, 2.05) is 0 Å². The molecule has 0 radical (unpaired) electrons. The van der Waals surface area contributed by atoms with Crippen molar-refractivity contribution in [1.82, 2.24) is 4.90 Å². The fraction of sp³-hybridized carbons (Fsp3) is 0.889. The first kappa shape index (κ1) is 17.0. The lowest BCUT2D eigenvalue weighted by Crippen LogP contribution is -2.85. The molecule has 0 N–H and O–H groups in total. The third-order valence-electron chi connectivity index (χ3n) is 6.43. The first-order valence-corrected chi connectivity index (χ1v) is 8.88. The minimum absolute atomic E-state index is 0.653. The second-order valence-electron chi connectivity index (χ2n) is 7.90. The summed E-state index contributed by atoms with van der Waals surface area (Å²) in [6.07, 6.45) is 4.28. The Hall–Kier alpha value is -0.380. The van der Waals surface area contributed by atoms with Crippen LogP contribution in [0.4, 0.5) is 0 Å². The Bertz CT molecular complexity index is 415. The molecule has 3 fully saturated rings. The van der Waals surface area contributed by atoms with E-state index in [4.69, 9.17) is 0 Å². The monoisotopic (exact) mass is 295 g/mol. The quantitative estimate of drug-likeness (QED) is 0.536. The lowest BCUT2D eigenvalue weighted by molar-refractivity contribution is -1.28. The highest BCUT2D eigenvalue weighted by molar-refractivity contribution is 5.08. The number of rotatable bonds is 6. The number of nitrogens with zero attached hydrogens (tertiary/aromatic N) is 3. The minimum Gasteiger partial charge on any atom is -0.207 e. The van der Waals surface area contributed by atoms with Crippen LogP contribution in [0.3, 0.4) is 0 Å². The van der Waals surface area contributed by atoms with E-state index in [-0.39, 0.29) is 0 Å². The van der Waals surface area contributed by atoms with Gasteiger partial charge in [-0.25, -0.2) is 13.9 Å². The first-order valence-electron chi connectivity index (χ1n) is 8.88. The molecule has 0 saturated carbocycles. The summed E-state index contributed by atoms with van der Waals surface area (Å²) in [5.74, 6) is 0. The number of quaternary nitrogens is 2. The van der Waals surface area contributed by atoms with E-state index < -0.39 is 0 Å². The van der Waals surface area contributed by atoms with E-state index in [0.717, 1.165) is 13.0 Å². The lowest BCUT2D eigenvalue weighted by Gasteiger charge is -2.60. The zero-order chi connectivity index (χ0) is 16.0. The Morgan fingerprint density at radius 3 is 2.24 bits per heavy atom. The van der Waals surface area contributed by atoms with Crippen LogP contribution >= 0.6 is 0 Å². The lowest BCUT2D eigenvalue weighted by atomic mass is 10.0. The Labute approximate surface area is 132 Å². The van der Waals surface area contributed by atoms with Gasteiger partial charge in [0.15, 0.2) is 6.04 Å². The molecule has 0 spiro atoms. The molecular weight excluding hydrogens is 258 g/mol. The summed E-state index contributed by atoms with van der Waals surface area (Å²) in [5.41, 5.74) is 1.62. The molecule has 0 aromatic carbocycles. The van der Waals surface area contributed by atoms with E-state index >= 15 is 0 Å². The van der Waals surface area contributed by atoms with Gasteiger partial charge in [0.1, 0.15) is 6.54 Å². The molecule has 0 amide bonds. The van der Waals surface area contributed by atoms with Crippen LogP contribution < -0.4 is 0 Å². The topological polar surface area (TPSA) is 3.24 Å². The summed E-state index contributed by atoms with van der Waals surface area (Å²) in [5, 5.41) is 0. The molecule has 122 valence electrons.